The summed E-state index contributed by atoms with van der Waals surface area (Å²) >= 11 is 3.54. The van der Waals surface area contributed by atoms with Crippen LogP contribution in [-0.4, -0.2) is 18.4 Å². The van der Waals surface area contributed by atoms with Crippen LogP contribution in [0.15, 0.2) is 59.1 Å². The molecule has 1 aliphatic carbocycles. The van der Waals surface area contributed by atoms with E-state index in [2.05, 4.69) is 21.2 Å². The lowest BCUT2D eigenvalue weighted by Crippen LogP contribution is -2.50. The summed E-state index contributed by atoms with van der Waals surface area (Å²) in [6.07, 6.45) is 0.410. The Labute approximate surface area is 149 Å². The number of ether oxygens (including phenoxy) is 1. The summed E-state index contributed by atoms with van der Waals surface area (Å²) in [4.78, 5) is 23.6. The lowest BCUT2D eigenvalue weighted by Gasteiger charge is -2.41. The Bertz CT molecular complexity index is 737. The molecule has 4 nitrogen and oxygen atoms in total. The molecule has 0 aliphatic heterocycles. The Morgan fingerprint density at radius 2 is 1.75 bits per heavy atom. The molecule has 1 aliphatic rings. The number of hydrogen-bond donors (Lipinski definition) is 1. The minimum absolute atomic E-state index is 0.213. The molecule has 0 heterocycles. The number of carbonyl (C=O) groups is 2. The van der Waals surface area contributed by atoms with Crippen LogP contribution in [0.3, 0.4) is 0 Å². The summed E-state index contributed by atoms with van der Waals surface area (Å²) < 4.78 is 6.19. The first kappa shape index (κ1) is 16.7. The summed E-state index contributed by atoms with van der Waals surface area (Å²) in [5.74, 6) is 0.213. The first-order chi connectivity index (χ1) is 11.6. The second-order valence-corrected chi connectivity index (χ2v) is 6.92. The number of halogens is 1. The zero-order chi connectivity index (χ0) is 17.0. The lowest BCUT2D eigenvalue weighted by molar-refractivity contribution is -0.128. The van der Waals surface area contributed by atoms with Crippen LogP contribution >= 0.6 is 15.9 Å². The summed E-state index contributed by atoms with van der Waals surface area (Å²) in [6, 6.07) is 17.3. The van der Waals surface area contributed by atoms with E-state index in [0.29, 0.717) is 19.4 Å². The number of ketones is 1. The van der Waals surface area contributed by atoms with Crippen molar-refractivity contribution in [2.45, 2.75) is 24.9 Å². The molecule has 24 heavy (non-hydrogen) atoms. The molecule has 0 unspecified atom stereocenters. The molecule has 0 saturated heterocycles. The quantitative estimate of drug-likeness (QED) is 0.843. The van der Waals surface area contributed by atoms with E-state index >= 15 is 0 Å². The van der Waals surface area contributed by atoms with E-state index in [1.807, 2.05) is 54.6 Å². The minimum Gasteiger partial charge on any atom is -0.445 e. The van der Waals surface area contributed by atoms with Gasteiger partial charge < -0.3 is 10.1 Å². The monoisotopic (exact) mass is 387 g/mol. The normalized spacial score (nSPS) is 15.5. The van der Waals surface area contributed by atoms with Crippen LogP contribution in [-0.2, 0) is 21.6 Å². The highest BCUT2D eigenvalue weighted by atomic mass is 79.9. The molecule has 1 amide bonds. The van der Waals surface area contributed by atoms with Crippen molar-refractivity contribution in [3.8, 4) is 0 Å². The molecule has 1 saturated carbocycles. The van der Waals surface area contributed by atoms with Gasteiger partial charge in [0.2, 0.25) is 0 Å². The number of Topliss-reactive ketones (excluding diaryl/α,β-unsaturated/α-hetero) is 1. The van der Waals surface area contributed by atoms with Gasteiger partial charge in [0.1, 0.15) is 12.4 Å². The van der Waals surface area contributed by atoms with Crippen LogP contribution in [0.25, 0.3) is 0 Å². The predicted octanol–water partition coefficient (Wildman–Crippen LogP) is 3.98. The molecule has 2 aromatic rings. The summed E-state index contributed by atoms with van der Waals surface area (Å²) in [6.45, 7) is 0.614. The third-order valence-electron chi connectivity index (χ3n) is 4.30. The molecular weight excluding hydrogens is 370 g/mol. The van der Waals surface area contributed by atoms with E-state index in [-0.39, 0.29) is 17.8 Å². The van der Waals surface area contributed by atoms with Crippen LogP contribution in [0.4, 0.5) is 4.79 Å². The highest BCUT2D eigenvalue weighted by Gasteiger charge is 2.46. The van der Waals surface area contributed by atoms with Crippen LogP contribution in [0.5, 0.6) is 0 Å². The van der Waals surface area contributed by atoms with Crippen LogP contribution in [0.1, 0.15) is 24.0 Å². The van der Waals surface area contributed by atoms with E-state index in [4.69, 9.17) is 4.74 Å². The Hall–Kier alpha value is -2.14. The number of hydrogen-bond acceptors (Lipinski definition) is 3. The number of nitrogens with one attached hydrogen (secondary N) is 1. The molecular formula is C19H18BrNO3. The molecule has 2 aromatic carbocycles. The van der Waals surface area contributed by atoms with Crippen LogP contribution in [0, 0.1) is 0 Å². The van der Waals surface area contributed by atoms with Crippen molar-refractivity contribution in [1.82, 2.24) is 5.32 Å². The van der Waals surface area contributed by atoms with Crippen LogP contribution in [0.2, 0.25) is 0 Å². The Balaban J connectivity index is 1.60. The second-order valence-electron chi connectivity index (χ2n) is 6.07. The van der Waals surface area contributed by atoms with Gasteiger partial charge in [-0.1, -0.05) is 64.5 Å². The van der Waals surface area contributed by atoms with Gasteiger partial charge in [0, 0.05) is 29.3 Å². The third kappa shape index (κ3) is 3.67. The highest BCUT2D eigenvalue weighted by molar-refractivity contribution is 9.10. The first-order valence-electron chi connectivity index (χ1n) is 7.80. The van der Waals surface area contributed by atoms with Crippen molar-refractivity contribution in [3.05, 3.63) is 70.2 Å². The number of benzene rings is 2. The van der Waals surface area contributed by atoms with Gasteiger partial charge in [0.05, 0.1) is 0 Å². The fourth-order valence-corrected chi connectivity index (χ4v) is 3.73. The van der Waals surface area contributed by atoms with Gasteiger partial charge in [-0.3, -0.25) is 4.79 Å². The lowest BCUT2D eigenvalue weighted by atomic mass is 9.63. The molecule has 124 valence electrons. The zero-order valence-corrected chi connectivity index (χ0v) is 14.7. The van der Waals surface area contributed by atoms with Gasteiger partial charge in [0.25, 0.3) is 0 Å². The number of alkyl carbamates (subject to hydrolysis) is 1. The maximum atomic E-state index is 12.0. The minimum atomic E-state index is -0.468. The molecule has 0 aromatic heterocycles. The maximum absolute atomic E-state index is 12.0. The van der Waals surface area contributed by atoms with Gasteiger partial charge >= 0.3 is 6.09 Å². The summed E-state index contributed by atoms with van der Waals surface area (Å²) in [5.41, 5.74) is 1.64. The fourth-order valence-electron chi connectivity index (χ4n) is 3.02. The van der Waals surface area contributed by atoms with Crippen molar-refractivity contribution >= 4 is 27.8 Å². The van der Waals surface area contributed by atoms with Gasteiger partial charge in [-0.25, -0.2) is 4.79 Å². The molecule has 0 radical (unpaired) electrons. The number of carbonyl (C=O) groups excluding carboxylic acids is 2. The zero-order valence-electron chi connectivity index (χ0n) is 13.1. The Morgan fingerprint density at radius 3 is 2.42 bits per heavy atom. The highest BCUT2D eigenvalue weighted by Crippen LogP contribution is 2.43. The van der Waals surface area contributed by atoms with Crippen molar-refractivity contribution in [2.24, 2.45) is 0 Å². The largest absolute Gasteiger partial charge is 0.445 e. The second kappa shape index (κ2) is 7.18. The van der Waals surface area contributed by atoms with Gasteiger partial charge in [0.15, 0.2) is 0 Å². The Kier molecular flexibility index (Phi) is 5.00. The average molecular weight is 388 g/mol. The molecule has 1 fully saturated rings. The third-order valence-corrected chi connectivity index (χ3v) is 4.99. The number of rotatable bonds is 5. The van der Waals surface area contributed by atoms with Gasteiger partial charge in [-0.15, -0.1) is 0 Å². The van der Waals surface area contributed by atoms with E-state index in [0.717, 1.165) is 15.6 Å². The van der Waals surface area contributed by atoms with E-state index in [1.165, 1.54) is 0 Å². The Morgan fingerprint density at radius 1 is 1.08 bits per heavy atom. The number of amides is 1. The van der Waals surface area contributed by atoms with E-state index < -0.39 is 6.09 Å². The fraction of sp³-hybridized carbons (Fsp3) is 0.263. The van der Waals surface area contributed by atoms with E-state index in [1.54, 1.807) is 0 Å². The van der Waals surface area contributed by atoms with Crippen molar-refractivity contribution in [3.63, 3.8) is 0 Å². The standard InChI is InChI=1S/C19H18BrNO3/c20-17-9-5-4-8-16(17)19(10-15(22)11-19)13-21-18(23)24-12-14-6-2-1-3-7-14/h1-9H,10-13H2,(H,21,23). The molecule has 5 heteroatoms. The van der Waals surface area contributed by atoms with E-state index in [9.17, 15) is 9.59 Å². The SMILES string of the molecule is O=C1CC(CNC(=O)OCc2ccccc2)(c2ccccc2Br)C1. The predicted molar refractivity (Wildman–Crippen MR) is 94.7 cm³/mol. The van der Waals surface area contributed by atoms with Crippen molar-refractivity contribution in [1.29, 1.82) is 0 Å². The smallest absolute Gasteiger partial charge is 0.407 e. The van der Waals surface area contributed by atoms with Gasteiger partial charge in [-0.2, -0.15) is 0 Å². The maximum Gasteiger partial charge on any atom is 0.407 e. The molecule has 3 rings (SSSR count). The average Bonchev–Trinajstić information content (AvgIpc) is 2.57. The van der Waals surface area contributed by atoms with Gasteiger partial charge in [-0.05, 0) is 17.2 Å². The van der Waals surface area contributed by atoms with Crippen molar-refractivity contribution in [2.75, 3.05) is 6.54 Å². The summed E-state index contributed by atoms with van der Waals surface area (Å²) in [7, 11) is 0. The van der Waals surface area contributed by atoms with Crippen LogP contribution < -0.4 is 5.32 Å². The molecule has 0 spiro atoms. The summed E-state index contributed by atoms with van der Waals surface area (Å²) in [5, 5.41) is 2.81. The molecule has 1 N–H and O–H groups in total. The molecule has 0 atom stereocenters. The molecule has 0 bridgehead atoms. The first-order valence-corrected chi connectivity index (χ1v) is 8.60. The van der Waals surface area contributed by atoms with Crippen molar-refractivity contribution < 1.29 is 14.3 Å². The topological polar surface area (TPSA) is 55.4 Å².